The molecule has 0 bridgehead atoms. The summed E-state index contributed by atoms with van der Waals surface area (Å²) in [4.78, 5) is 38.1. The third-order valence-electron chi connectivity index (χ3n) is 4.63. The molecule has 0 saturated heterocycles. The number of rotatable bonds is 8. The maximum atomic E-state index is 12.7. The molecule has 0 aliphatic rings. The van der Waals surface area contributed by atoms with Crippen LogP contribution in [0.2, 0.25) is 0 Å². The maximum absolute atomic E-state index is 12.7. The number of carbonyl (C=O) groups is 3. The molecule has 0 atom stereocenters. The molecule has 0 spiro atoms. The number of aryl methyl sites for hydroxylation is 3. The van der Waals surface area contributed by atoms with Crippen LogP contribution in [0.1, 0.15) is 33.5 Å². The summed E-state index contributed by atoms with van der Waals surface area (Å²) in [6.45, 7) is 6.91. The first-order chi connectivity index (χ1) is 15.3. The quantitative estimate of drug-likeness (QED) is 0.517. The van der Waals surface area contributed by atoms with Crippen LogP contribution in [0.5, 0.6) is 0 Å². The lowest BCUT2D eigenvalue weighted by molar-refractivity contribution is -0.148. The molecule has 9 heteroatoms. The van der Waals surface area contributed by atoms with E-state index < -0.39 is 24.5 Å². The van der Waals surface area contributed by atoms with Gasteiger partial charge >= 0.3 is 11.9 Å². The Morgan fingerprint density at radius 3 is 2.44 bits per heavy atom. The topological polar surface area (TPSA) is 99.5 Å². The van der Waals surface area contributed by atoms with Crippen LogP contribution >= 0.6 is 11.3 Å². The van der Waals surface area contributed by atoms with E-state index in [0.717, 1.165) is 21.8 Å². The van der Waals surface area contributed by atoms with E-state index in [-0.39, 0.29) is 13.2 Å². The Labute approximate surface area is 190 Å². The van der Waals surface area contributed by atoms with Crippen molar-refractivity contribution in [2.75, 3.05) is 18.5 Å². The summed E-state index contributed by atoms with van der Waals surface area (Å²) in [6.07, 6.45) is 0. The largest absolute Gasteiger partial charge is 0.462 e. The lowest BCUT2D eigenvalue weighted by Gasteiger charge is -2.10. The average Bonchev–Trinajstić information content (AvgIpc) is 3.24. The van der Waals surface area contributed by atoms with Crippen molar-refractivity contribution in [2.24, 2.45) is 0 Å². The molecule has 0 aliphatic heterocycles. The highest BCUT2D eigenvalue weighted by Crippen LogP contribution is 2.40. The number of anilines is 1. The highest BCUT2D eigenvalue weighted by Gasteiger charge is 2.25. The molecule has 1 amide bonds. The fraction of sp³-hybridized carbons (Fsp3) is 0.304. The van der Waals surface area contributed by atoms with E-state index in [9.17, 15) is 14.4 Å². The Morgan fingerprint density at radius 2 is 1.81 bits per heavy atom. The molecular formula is C23H25N3O5S. The van der Waals surface area contributed by atoms with Crippen molar-refractivity contribution in [2.45, 2.75) is 34.2 Å². The molecule has 32 heavy (non-hydrogen) atoms. The average molecular weight is 456 g/mol. The van der Waals surface area contributed by atoms with Crippen molar-refractivity contribution >= 4 is 34.2 Å². The monoisotopic (exact) mass is 455 g/mol. The number of hydrogen-bond acceptors (Lipinski definition) is 7. The minimum absolute atomic E-state index is 0.0860. The summed E-state index contributed by atoms with van der Waals surface area (Å²) in [5.74, 6) is -1.64. The van der Waals surface area contributed by atoms with Gasteiger partial charge in [0.2, 0.25) is 0 Å². The van der Waals surface area contributed by atoms with Crippen molar-refractivity contribution in [3.63, 3.8) is 0 Å². The van der Waals surface area contributed by atoms with Gasteiger partial charge in [0.1, 0.15) is 17.1 Å². The van der Waals surface area contributed by atoms with Gasteiger partial charge < -0.3 is 14.8 Å². The number of thiophene rings is 1. The number of hydrogen-bond donors (Lipinski definition) is 1. The van der Waals surface area contributed by atoms with E-state index >= 15 is 0 Å². The smallest absolute Gasteiger partial charge is 0.341 e. The molecule has 8 nitrogen and oxygen atoms in total. The Hall–Kier alpha value is -3.46. The Bertz CT molecular complexity index is 1130. The van der Waals surface area contributed by atoms with Gasteiger partial charge in [0.15, 0.2) is 6.61 Å². The number of ether oxygens (including phenoxy) is 2. The van der Waals surface area contributed by atoms with E-state index in [1.165, 1.54) is 16.0 Å². The van der Waals surface area contributed by atoms with Gasteiger partial charge in [-0.2, -0.15) is 5.10 Å². The van der Waals surface area contributed by atoms with E-state index in [2.05, 4.69) is 10.4 Å². The van der Waals surface area contributed by atoms with Crippen molar-refractivity contribution < 1.29 is 23.9 Å². The lowest BCUT2D eigenvalue weighted by Crippen LogP contribution is -2.24. The van der Waals surface area contributed by atoms with Gasteiger partial charge in [-0.25, -0.2) is 4.79 Å². The zero-order valence-corrected chi connectivity index (χ0v) is 19.2. The normalized spacial score (nSPS) is 10.6. The standard InChI is InChI=1S/C23H25N3O5S/c1-5-30-23(29)21-20(17-9-7-6-8-10-17)16(4)32-22(21)24-18(27)13-31-19(28)12-26-15(3)11-14(2)25-26/h6-11H,5,12-13H2,1-4H3,(H,24,27). The fourth-order valence-corrected chi connectivity index (χ4v) is 4.38. The molecule has 3 aromatic rings. The molecule has 1 N–H and O–H groups in total. The van der Waals surface area contributed by atoms with Crippen molar-refractivity contribution in [1.82, 2.24) is 9.78 Å². The molecule has 0 radical (unpaired) electrons. The number of carbonyl (C=O) groups excluding carboxylic acids is 3. The molecular weight excluding hydrogens is 430 g/mol. The molecule has 168 valence electrons. The second kappa shape index (κ2) is 10.2. The second-order valence-electron chi connectivity index (χ2n) is 7.12. The zero-order chi connectivity index (χ0) is 23.3. The number of amides is 1. The first-order valence-electron chi connectivity index (χ1n) is 10.1. The minimum atomic E-state index is -0.579. The van der Waals surface area contributed by atoms with Crippen LogP contribution in [-0.4, -0.2) is 40.8 Å². The van der Waals surface area contributed by atoms with Crippen LogP contribution in [0.15, 0.2) is 36.4 Å². The van der Waals surface area contributed by atoms with Crippen LogP contribution in [-0.2, 0) is 25.6 Å². The van der Waals surface area contributed by atoms with Gasteiger partial charge in [-0.15, -0.1) is 11.3 Å². The van der Waals surface area contributed by atoms with Gasteiger partial charge in [0.25, 0.3) is 5.91 Å². The maximum Gasteiger partial charge on any atom is 0.341 e. The summed E-state index contributed by atoms with van der Waals surface area (Å²) in [6, 6.07) is 11.3. The molecule has 0 fully saturated rings. The summed E-state index contributed by atoms with van der Waals surface area (Å²) in [7, 11) is 0. The van der Waals surface area contributed by atoms with E-state index in [1.807, 2.05) is 57.2 Å². The minimum Gasteiger partial charge on any atom is -0.462 e. The van der Waals surface area contributed by atoms with Crippen LogP contribution in [0.25, 0.3) is 11.1 Å². The number of nitrogens with zero attached hydrogens (tertiary/aromatic N) is 2. The molecule has 3 rings (SSSR count). The van der Waals surface area contributed by atoms with Gasteiger partial charge in [-0.05, 0) is 39.3 Å². The van der Waals surface area contributed by atoms with Gasteiger partial charge in [0, 0.05) is 16.1 Å². The van der Waals surface area contributed by atoms with Crippen LogP contribution < -0.4 is 5.32 Å². The molecule has 2 heterocycles. The van der Waals surface area contributed by atoms with E-state index in [1.54, 1.807) is 6.92 Å². The third-order valence-corrected chi connectivity index (χ3v) is 5.65. The predicted molar refractivity (Wildman–Crippen MR) is 122 cm³/mol. The first-order valence-corrected chi connectivity index (χ1v) is 10.9. The third kappa shape index (κ3) is 5.42. The number of aromatic nitrogens is 2. The molecule has 0 unspecified atom stereocenters. The van der Waals surface area contributed by atoms with Gasteiger partial charge in [0.05, 0.1) is 12.3 Å². The SMILES string of the molecule is CCOC(=O)c1c(NC(=O)COC(=O)Cn2nc(C)cc2C)sc(C)c1-c1ccccc1. The zero-order valence-electron chi connectivity index (χ0n) is 18.4. The first kappa shape index (κ1) is 23.2. The number of esters is 2. The van der Waals surface area contributed by atoms with Crippen LogP contribution in [0.4, 0.5) is 5.00 Å². The van der Waals surface area contributed by atoms with Gasteiger partial charge in [-0.1, -0.05) is 30.3 Å². The Morgan fingerprint density at radius 1 is 1.09 bits per heavy atom. The highest BCUT2D eigenvalue weighted by molar-refractivity contribution is 7.17. The summed E-state index contributed by atoms with van der Waals surface area (Å²) >= 11 is 1.27. The van der Waals surface area contributed by atoms with Crippen LogP contribution in [0.3, 0.4) is 0 Å². The summed E-state index contributed by atoms with van der Waals surface area (Å²) < 4.78 is 11.8. The van der Waals surface area contributed by atoms with Crippen molar-refractivity contribution in [3.05, 3.63) is 58.2 Å². The lowest BCUT2D eigenvalue weighted by atomic mass is 10.0. The fourth-order valence-electron chi connectivity index (χ4n) is 3.29. The second-order valence-corrected chi connectivity index (χ2v) is 8.34. The van der Waals surface area contributed by atoms with Gasteiger partial charge in [-0.3, -0.25) is 14.3 Å². The summed E-state index contributed by atoms with van der Waals surface area (Å²) in [5, 5.41) is 7.26. The molecule has 2 aromatic heterocycles. The number of benzene rings is 1. The van der Waals surface area contributed by atoms with E-state index in [4.69, 9.17) is 9.47 Å². The molecule has 0 aliphatic carbocycles. The Balaban J connectivity index is 1.73. The number of nitrogens with one attached hydrogen (secondary N) is 1. The van der Waals surface area contributed by atoms with E-state index in [0.29, 0.717) is 16.1 Å². The Kier molecular flexibility index (Phi) is 7.42. The highest BCUT2D eigenvalue weighted by atomic mass is 32.1. The van der Waals surface area contributed by atoms with Crippen molar-refractivity contribution in [1.29, 1.82) is 0 Å². The van der Waals surface area contributed by atoms with Crippen LogP contribution in [0, 0.1) is 20.8 Å². The predicted octanol–water partition coefficient (Wildman–Crippen LogP) is 3.90. The molecule has 0 saturated carbocycles. The summed E-state index contributed by atoms with van der Waals surface area (Å²) in [5.41, 5.74) is 3.47. The molecule has 1 aromatic carbocycles. The van der Waals surface area contributed by atoms with Crippen molar-refractivity contribution in [3.8, 4) is 11.1 Å².